The third-order valence-corrected chi connectivity index (χ3v) is 4.20. The summed E-state index contributed by atoms with van der Waals surface area (Å²) < 4.78 is 16.3. The van der Waals surface area contributed by atoms with E-state index < -0.39 is 0 Å². The Kier molecular flexibility index (Phi) is 7.49. The fourth-order valence-corrected chi connectivity index (χ4v) is 2.55. The number of amides is 1. The number of hydrogen-bond donors (Lipinski definition) is 1. The molecule has 0 atom stereocenters. The van der Waals surface area contributed by atoms with E-state index in [4.69, 9.17) is 14.2 Å². The predicted molar refractivity (Wildman–Crippen MR) is 106 cm³/mol. The lowest BCUT2D eigenvalue weighted by atomic mass is 10.1. The van der Waals surface area contributed by atoms with Crippen LogP contribution in [0.3, 0.4) is 0 Å². The van der Waals surface area contributed by atoms with Gasteiger partial charge >= 0.3 is 0 Å². The zero-order valence-electron chi connectivity index (χ0n) is 16.7. The van der Waals surface area contributed by atoms with Gasteiger partial charge in [0.25, 0.3) is 5.91 Å². The molecule has 6 heteroatoms. The smallest absolute Gasteiger partial charge is 0.251 e. The van der Waals surface area contributed by atoms with Crippen LogP contribution in [0.2, 0.25) is 0 Å². The van der Waals surface area contributed by atoms with E-state index in [-0.39, 0.29) is 5.91 Å². The third-order valence-electron chi connectivity index (χ3n) is 4.20. The number of carbonyl (C=O) groups is 1. The van der Waals surface area contributed by atoms with E-state index in [1.54, 1.807) is 26.4 Å². The SMILES string of the molecule is COc1cc(C(=O)NCc2ccc(OCCN(C)C)cc2)cc(OC)c1C. The number of ether oxygens (including phenoxy) is 3. The Balaban J connectivity index is 1.95. The van der Waals surface area contributed by atoms with Crippen LogP contribution in [0.4, 0.5) is 0 Å². The summed E-state index contributed by atoms with van der Waals surface area (Å²) in [5, 5.41) is 2.92. The van der Waals surface area contributed by atoms with Crippen molar-refractivity contribution >= 4 is 5.91 Å². The maximum atomic E-state index is 12.5. The van der Waals surface area contributed by atoms with Crippen LogP contribution in [0, 0.1) is 6.92 Å². The summed E-state index contributed by atoms with van der Waals surface area (Å²) in [7, 11) is 7.17. The number of nitrogens with one attached hydrogen (secondary N) is 1. The number of carbonyl (C=O) groups excluding carboxylic acids is 1. The van der Waals surface area contributed by atoms with Crippen molar-refractivity contribution < 1.29 is 19.0 Å². The van der Waals surface area contributed by atoms with Gasteiger partial charge in [0.15, 0.2) is 0 Å². The number of nitrogens with zero attached hydrogens (tertiary/aromatic N) is 1. The van der Waals surface area contributed by atoms with E-state index in [1.165, 1.54) is 0 Å². The van der Waals surface area contributed by atoms with Crippen LogP contribution in [0.15, 0.2) is 36.4 Å². The van der Waals surface area contributed by atoms with E-state index in [9.17, 15) is 4.79 Å². The quantitative estimate of drug-likeness (QED) is 0.733. The van der Waals surface area contributed by atoms with Crippen molar-refractivity contribution in [3.8, 4) is 17.2 Å². The number of rotatable bonds is 9. The normalized spacial score (nSPS) is 10.6. The molecule has 0 spiro atoms. The highest BCUT2D eigenvalue weighted by Crippen LogP contribution is 2.29. The molecule has 2 aromatic rings. The molecule has 2 aromatic carbocycles. The Morgan fingerprint density at radius 2 is 1.63 bits per heavy atom. The van der Waals surface area contributed by atoms with Crippen LogP contribution < -0.4 is 19.5 Å². The lowest BCUT2D eigenvalue weighted by molar-refractivity contribution is 0.0950. The van der Waals surface area contributed by atoms with Gasteiger partial charge in [-0.25, -0.2) is 0 Å². The number of likely N-dealkylation sites (N-methyl/N-ethyl adjacent to an activating group) is 1. The first kappa shape index (κ1) is 20.6. The van der Waals surface area contributed by atoms with E-state index in [0.717, 1.165) is 23.4 Å². The first-order chi connectivity index (χ1) is 12.9. The van der Waals surface area contributed by atoms with Crippen molar-refractivity contribution in [2.24, 2.45) is 0 Å². The highest BCUT2D eigenvalue weighted by molar-refractivity contribution is 5.95. The van der Waals surface area contributed by atoms with Crippen molar-refractivity contribution in [1.29, 1.82) is 0 Å². The summed E-state index contributed by atoms with van der Waals surface area (Å²) in [5.41, 5.74) is 2.36. The van der Waals surface area contributed by atoms with Gasteiger partial charge in [0.05, 0.1) is 14.2 Å². The maximum Gasteiger partial charge on any atom is 0.251 e. The van der Waals surface area contributed by atoms with Gasteiger partial charge in [0.2, 0.25) is 0 Å². The van der Waals surface area contributed by atoms with Gasteiger partial charge in [-0.2, -0.15) is 0 Å². The molecule has 0 aliphatic heterocycles. The molecule has 0 aromatic heterocycles. The van der Waals surface area contributed by atoms with Crippen molar-refractivity contribution in [3.63, 3.8) is 0 Å². The molecular formula is C21H28N2O4. The summed E-state index contributed by atoms with van der Waals surface area (Å²) in [6, 6.07) is 11.1. The fraction of sp³-hybridized carbons (Fsp3) is 0.381. The highest BCUT2D eigenvalue weighted by Gasteiger charge is 2.13. The summed E-state index contributed by atoms with van der Waals surface area (Å²) in [5.74, 6) is 1.88. The largest absolute Gasteiger partial charge is 0.496 e. The topological polar surface area (TPSA) is 60.0 Å². The first-order valence-corrected chi connectivity index (χ1v) is 8.82. The minimum atomic E-state index is -0.182. The molecule has 2 rings (SSSR count). The number of hydrogen-bond acceptors (Lipinski definition) is 5. The Morgan fingerprint density at radius 1 is 1.04 bits per heavy atom. The van der Waals surface area contributed by atoms with Crippen LogP contribution in [-0.4, -0.2) is 52.3 Å². The maximum absolute atomic E-state index is 12.5. The second-order valence-electron chi connectivity index (χ2n) is 6.48. The molecule has 0 aliphatic rings. The number of methoxy groups -OCH3 is 2. The van der Waals surface area contributed by atoms with Gasteiger partial charge in [0, 0.05) is 24.2 Å². The molecule has 0 saturated carbocycles. The number of benzene rings is 2. The first-order valence-electron chi connectivity index (χ1n) is 8.82. The van der Waals surface area contributed by atoms with Crippen molar-refractivity contribution in [2.75, 3.05) is 41.5 Å². The minimum absolute atomic E-state index is 0.182. The van der Waals surface area contributed by atoms with Gasteiger partial charge in [-0.3, -0.25) is 4.79 Å². The Hall–Kier alpha value is -2.73. The minimum Gasteiger partial charge on any atom is -0.496 e. The Labute approximate surface area is 161 Å². The predicted octanol–water partition coefficient (Wildman–Crippen LogP) is 2.88. The zero-order valence-corrected chi connectivity index (χ0v) is 16.7. The van der Waals surface area contributed by atoms with E-state index in [1.807, 2.05) is 45.3 Å². The van der Waals surface area contributed by atoms with Crippen LogP contribution in [0.5, 0.6) is 17.2 Å². The van der Waals surface area contributed by atoms with Crippen LogP contribution in [-0.2, 0) is 6.54 Å². The monoisotopic (exact) mass is 372 g/mol. The molecule has 0 saturated heterocycles. The molecule has 0 radical (unpaired) electrons. The van der Waals surface area contributed by atoms with E-state index in [2.05, 4.69) is 10.2 Å². The lowest BCUT2D eigenvalue weighted by Crippen LogP contribution is -2.23. The van der Waals surface area contributed by atoms with Crippen LogP contribution in [0.1, 0.15) is 21.5 Å². The molecule has 6 nitrogen and oxygen atoms in total. The van der Waals surface area contributed by atoms with E-state index in [0.29, 0.717) is 30.2 Å². The van der Waals surface area contributed by atoms with Gasteiger partial charge in [-0.05, 0) is 50.8 Å². The zero-order chi connectivity index (χ0) is 19.8. The van der Waals surface area contributed by atoms with Gasteiger partial charge in [-0.1, -0.05) is 12.1 Å². The summed E-state index contributed by atoms with van der Waals surface area (Å²) >= 11 is 0. The Morgan fingerprint density at radius 3 is 2.15 bits per heavy atom. The molecular weight excluding hydrogens is 344 g/mol. The molecule has 1 amide bonds. The molecule has 0 heterocycles. The van der Waals surface area contributed by atoms with Crippen LogP contribution >= 0.6 is 0 Å². The Bertz CT molecular complexity index is 732. The summed E-state index contributed by atoms with van der Waals surface area (Å²) in [6.45, 7) is 3.82. The molecule has 27 heavy (non-hydrogen) atoms. The van der Waals surface area contributed by atoms with Gasteiger partial charge in [-0.15, -0.1) is 0 Å². The second-order valence-corrected chi connectivity index (χ2v) is 6.48. The van der Waals surface area contributed by atoms with E-state index >= 15 is 0 Å². The standard InChI is InChI=1S/C21H28N2O4/c1-15-19(25-4)12-17(13-20(15)26-5)21(24)22-14-16-6-8-18(9-7-16)27-11-10-23(2)3/h6-9,12-13H,10-11,14H2,1-5H3,(H,22,24). The lowest BCUT2D eigenvalue weighted by Gasteiger charge is -2.13. The van der Waals surface area contributed by atoms with Crippen molar-refractivity contribution in [2.45, 2.75) is 13.5 Å². The second kappa shape index (κ2) is 9.83. The third kappa shape index (κ3) is 5.89. The van der Waals surface area contributed by atoms with Crippen molar-refractivity contribution in [1.82, 2.24) is 10.2 Å². The van der Waals surface area contributed by atoms with Crippen LogP contribution in [0.25, 0.3) is 0 Å². The fourth-order valence-electron chi connectivity index (χ4n) is 2.55. The summed E-state index contributed by atoms with van der Waals surface area (Å²) in [4.78, 5) is 14.6. The molecule has 0 fully saturated rings. The molecule has 0 unspecified atom stereocenters. The molecule has 146 valence electrons. The average molecular weight is 372 g/mol. The summed E-state index contributed by atoms with van der Waals surface area (Å²) in [6.07, 6.45) is 0. The van der Waals surface area contributed by atoms with Gasteiger partial charge in [0.1, 0.15) is 23.9 Å². The molecule has 1 N–H and O–H groups in total. The average Bonchev–Trinajstić information content (AvgIpc) is 2.67. The van der Waals surface area contributed by atoms with Gasteiger partial charge < -0.3 is 24.4 Å². The molecule has 0 aliphatic carbocycles. The van der Waals surface area contributed by atoms with Crippen molar-refractivity contribution in [3.05, 3.63) is 53.1 Å². The highest BCUT2D eigenvalue weighted by atomic mass is 16.5. The molecule has 0 bridgehead atoms.